The van der Waals surface area contributed by atoms with E-state index in [0.717, 1.165) is 28.0 Å². The first-order chi connectivity index (χ1) is 13.2. The van der Waals surface area contributed by atoms with Gasteiger partial charge in [0.05, 0.1) is 5.69 Å². The molecule has 27 heavy (non-hydrogen) atoms. The number of nitrogens with two attached hydrogens (primary N) is 1. The Labute approximate surface area is 156 Å². The van der Waals surface area contributed by atoms with Crippen molar-refractivity contribution in [3.8, 4) is 0 Å². The van der Waals surface area contributed by atoms with Gasteiger partial charge in [0.2, 0.25) is 0 Å². The van der Waals surface area contributed by atoms with E-state index in [4.69, 9.17) is 5.73 Å². The molecule has 1 aromatic carbocycles. The maximum Gasteiger partial charge on any atom is 0.261 e. The van der Waals surface area contributed by atoms with Crippen LogP contribution in [0.5, 0.6) is 0 Å². The van der Waals surface area contributed by atoms with Crippen LogP contribution in [0.3, 0.4) is 0 Å². The van der Waals surface area contributed by atoms with E-state index in [1.807, 2.05) is 42.5 Å². The van der Waals surface area contributed by atoms with E-state index in [9.17, 15) is 9.59 Å². The molecule has 0 saturated carbocycles. The van der Waals surface area contributed by atoms with Gasteiger partial charge in [-0.05, 0) is 34.9 Å². The zero-order valence-corrected chi connectivity index (χ0v) is 14.6. The normalized spacial score (nSPS) is 13.7. The zero-order chi connectivity index (χ0) is 18.8. The highest BCUT2D eigenvalue weighted by Crippen LogP contribution is 2.24. The van der Waals surface area contributed by atoms with E-state index < -0.39 is 0 Å². The van der Waals surface area contributed by atoms with Crippen molar-refractivity contribution in [2.45, 2.75) is 13.1 Å². The molecular weight excluding hydrogens is 340 g/mol. The second-order valence-corrected chi connectivity index (χ2v) is 6.36. The molecule has 1 aliphatic rings. The topological polar surface area (TPSA) is 92.1 Å². The SMILES string of the molecule is NC=C(c1ccc(CN2Cc3cc[nH]c(=O)c3C2=O)cc1)c1ccccn1. The van der Waals surface area contributed by atoms with Crippen LogP contribution in [0.2, 0.25) is 0 Å². The van der Waals surface area contributed by atoms with Crippen LogP contribution in [0.1, 0.15) is 32.7 Å². The highest BCUT2D eigenvalue weighted by atomic mass is 16.2. The highest BCUT2D eigenvalue weighted by Gasteiger charge is 2.29. The number of aromatic amines is 1. The van der Waals surface area contributed by atoms with Gasteiger partial charge in [0.1, 0.15) is 5.56 Å². The van der Waals surface area contributed by atoms with Gasteiger partial charge in [0.25, 0.3) is 11.5 Å². The average Bonchev–Trinajstić information content (AvgIpc) is 3.01. The van der Waals surface area contributed by atoms with Crippen LogP contribution in [-0.2, 0) is 13.1 Å². The molecular formula is C21H18N4O2. The minimum absolute atomic E-state index is 0.230. The van der Waals surface area contributed by atoms with Crippen molar-refractivity contribution in [1.82, 2.24) is 14.9 Å². The van der Waals surface area contributed by atoms with Crippen LogP contribution in [0.15, 0.2) is 71.9 Å². The van der Waals surface area contributed by atoms with E-state index in [1.54, 1.807) is 29.6 Å². The number of nitrogens with one attached hydrogen (secondary N) is 1. The maximum absolute atomic E-state index is 12.5. The molecule has 3 aromatic rings. The Balaban J connectivity index is 1.53. The molecule has 0 bridgehead atoms. The third kappa shape index (κ3) is 3.13. The fourth-order valence-corrected chi connectivity index (χ4v) is 3.31. The molecule has 2 aromatic heterocycles. The number of pyridine rings is 2. The lowest BCUT2D eigenvalue weighted by Crippen LogP contribution is -2.26. The molecule has 6 nitrogen and oxygen atoms in total. The van der Waals surface area contributed by atoms with Crippen molar-refractivity contribution in [1.29, 1.82) is 0 Å². The number of hydrogen-bond acceptors (Lipinski definition) is 4. The molecule has 0 saturated heterocycles. The van der Waals surface area contributed by atoms with E-state index in [2.05, 4.69) is 9.97 Å². The smallest absolute Gasteiger partial charge is 0.261 e. The van der Waals surface area contributed by atoms with E-state index in [1.165, 1.54) is 0 Å². The number of rotatable bonds is 4. The Bertz CT molecular complexity index is 1070. The molecule has 0 atom stereocenters. The van der Waals surface area contributed by atoms with Crippen molar-refractivity contribution < 1.29 is 4.79 Å². The number of nitrogens with zero attached hydrogens (tertiary/aromatic N) is 2. The average molecular weight is 358 g/mol. The Morgan fingerprint density at radius 1 is 1.15 bits per heavy atom. The second kappa shape index (κ2) is 6.92. The summed E-state index contributed by atoms with van der Waals surface area (Å²) >= 11 is 0. The van der Waals surface area contributed by atoms with E-state index in [-0.39, 0.29) is 17.0 Å². The van der Waals surface area contributed by atoms with Crippen LogP contribution < -0.4 is 11.3 Å². The third-order valence-electron chi connectivity index (χ3n) is 4.66. The number of fused-ring (bicyclic) bond motifs is 1. The first kappa shape index (κ1) is 16.8. The summed E-state index contributed by atoms with van der Waals surface area (Å²) in [5, 5.41) is 0. The molecule has 4 rings (SSSR count). The first-order valence-electron chi connectivity index (χ1n) is 8.60. The van der Waals surface area contributed by atoms with Crippen molar-refractivity contribution in [3.63, 3.8) is 0 Å². The van der Waals surface area contributed by atoms with Crippen molar-refractivity contribution in [2.24, 2.45) is 5.73 Å². The van der Waals surface area contributed by atoms with Gasteiger partial charge in [0.15, 0.2) is 0 Å². The number of hydrogen-bond donors (Lipinski definition) is 2. The summed E-state index contributed by atoms with van der Waals surface area (Å²) in [4.78, 5) is 33.0. The third-order valence-corrected chi connectivity index (χ3v) is 4.66. The first-order valence-corrected chi connectivity index (χ1v) is 8.60. The number of aromatic nitrogens is 2. The fraction of sp³-hybridized carbons (Fsp3) is 0.0952. The molecule has 3 N–H and O–H groups in total. The highest BCUT2D eigenvalue weighted by molar-refractivity contribution is 5.97. The van der Waals surface area contributed by atoms with Crippen molar-refractivity contribution in [2.75, 3.05) is 0 Å². The Kier molecular flexibility index (Phi) is 4.30. The number of carbonyl (C=O) groups is 1. The van der Waals surface area contributed by atoms with Crippen molar-refractivity contribution >= 4 is 11.5 Å². The second-order valence-electron chi connectivity index (χ2n) is 6.36. The largest absolute Gasteiger partial charge is 0.404 e. The molecule has 0 spiro atoms. The summed E-state index contributed by atoms with van der Waals surface area (Å²) in [5.41, 5.74) is 10.1. The number of H-pyrrole nitrogens is 1. The summed E-state index contributed by atoms with van der Waals surface area (Å²) in [6.07, 6.45) is 4.85. The Hall–Kier alpha value is -3.67. The molecule has 0 aliphatic carbocycles. The van der Waals surface area contributed by atoms with Crippen LogP contribution in [0.25, 0.3) is 5.57 Å². The fourth-order valence-electron chi connectivity index (χ4n) is 3.31. The van der Waals surface area contributed by atoms with Crippen LogP contribution in [0, 0.1) is 0 Å². The molecule has 0 radical (unpaired) electrons. The van der Waals surface area contributed by atoms with Crippen LogP contribution >= 0.6 is 0 Å². The molecule has 3 heterocycles. The lowest BCUT2D eigenvalue weighted by Gasteiger charge is -2.16. The van der Waals surface area contributed by atoms with Gasteiger partial charge in [-0.1, -0.05) is 30.3 Å². The summed E-state index contributed by atoms with van der Waals surface area (Å²) in [6.45, 7) is 0.889. The predicted octanol–water partition coefficient (Wildman–Crippen LogP) is 2.27. The van der Waals surface area contributed by atoms with Gasteiger partial charge >= 0.3 is 0 Å². The molecule has 0 fully saturated rings. The Morgan fingerprint density at radius 2 is 1.96 bits per heavy atom. The zero-order valence-electron chi connectivity index (χ0n) is 14.6. The minimum Gasteiger partial charge on any atom is -0.404 e. The molecule has 134 valence electrons. The van der Waals surface area contributed by atoms with Gasteiger partial charge in [0, 0.05) is 37.3 Å². The van der Waals surface area contributed by atoms with Crippen LogP contribution in [-0.4, -0.2) is 20.8 Å². The Morgan fingerprint density at radius 3 is 2.63 bits per heavy atom. The summed E-state index contributed by atoms with van der Waals surface area (Å²) in [6, 6.07) is 15.3. The number of amides is 1. The van der Waals surface area contributed by atoms with Gasteiger partial charge in [-0.25, -0.2) is 0 Å². The maximum atomic E-state index is 12.5. The number of carbonyl (C=O) groups excluding carboxylic acids is 1. The van der Waals surface area contributed by atoms with Gasteiger partial charge in [-0.3, -0.25) is 14.6 Å². The monoisotopic (exact) mass is 358 g/mol. The summed E-state index contributed by atoms with van der Waals surface area (Å²) in [7, 11) is 0. The molecule has 0 unspecified atom stereocenters. The van der Waals surface area contributed by atoms with Gasteiger partial charge in [-0.15, -0.1) is 0 Å². The molecule has 6 heteroatoms. The lowest BCUT2D eigenvalue weighted by molar-refractivity contribution is 0.0765. The predicted molar refractivity (Wildman–Crippen MR) is 103 cm³/mol. The van der Waals surface area contributed by atoms with E-state index in [0.29, 0.717) is 13.1 Å². The summed E-state index contributed by atoms with van der Waals surface area (Å²) < 4.78 is 0. The molecule has 1 aliphatic heterocycles. The quantitative estimate of drug-likeness (QED) is 0.748. The lowest BCUT2D eigenvalue weighted by atomic mass is 10.0. The van der Waals surface area contributed by atoms with Gasteiger partial charge < -0.3 is 15.6 Å². The standard InChI is InChI=1S/C21H18N4O2/c22-11-17(18-3-1-2-9-23-18)15-6-4-14(5-7-15)12-25-13-16-8-10-24-20(26)19(16)21(25)27/h1-11H,12-13,22H2,(H,24,26). The summed E-state index contributed by atoms with van der Waals surface area (Å²) in [5.74, 6) is -0.230. The van der Waals surface area contributed by atoms with Crippen molar-refractivity contribution in [3.05, 3.63) is 105 Å². The van der Waals surface area contributed by atoms with E-state index >= 15 is 0 Å². The molecule has 1 amide bonds. The van der Waals surface area contributed by atoms with Gasteiger partial charge in [-0.2, -0.15) is 0 Å². The van der Waals surface area contributed by atoms with Crippen LogP contribution in [0.4, 0.5) is 0 Å². The minimum atomic E-state index is -0.330. The number of benzene rings is 1.